The van der Waals surface area contributed by atoms with Crippen molar-refractivity contribution in [2.75, 3.05) is 31.3 Å². The van der Waals surface area contributed by atoms with Gasteiger partial charge in [-0.15, -0.1) is 11.8 Å². The Balaban J connectivity index is 1.35. The molecule has 0 aromatic carbocycles. The summed E-state index contributed by atoms with van der Waals surface area (Å²) in [4.78, 5) is 26.1. The molecule has 1 aliphatic carbocycles. The first-order valence-corrected chi connectivity index (χ1v) is 9.52. The van der Waals surface area contributed by atoms with Crippen LogP contribution in [-0.4, -0.2) is 60.2 Å². The van der Waals surface area contributed by atoms with E-state index >= 15 is 0 Å². The zero-order valence-electron chi connectivity index (χ0n) is 13.0. The van der Waals surface area contributed by atoms with Crippen molar-refractivity contribution < 1.29 is 9.59 Å². The lowest BCUT2D eigenvalue weighted by atomic mass is 10.1. The van der Waals surface area contributed by atoms with Crippen molar-refractivity contribution in [2.45, 2.75) is 44.2 Å². The van der Waals surface area contributed by atoms with Crippen molar-refractivity contribution >= 4 is 23.7 Å². The monoisotopic (exact) mass is 326 g/mol. The summed E-state index contributed by atoms with van der Waals surface area (Å²) in [5, 5.41) is 9.30. The molecule has 0 spiro atoms. The highest BCUT2D eigenvalue weighted by atomic mass is 32.2. The van der Waals surface area contributed by atoms with E-state index in [0.717, 1.165) is 44.0 Å². The molecule has 3 rings (SSSR count). The van der Waals surface area contributed by atoms with Crippen LogP contribution in [0.2, 0.25) is 0 Å². The van der Waals surface area contributed by atoms with E-state index in [2.05, 4.69) is 16.0 Å². The summed E-state index contributed by atoms with van der Waals surface area (Å²) in [5.74, 6) is 2.44. The van der Waals surface area contributed by atoms with Crippen molar-refractivity contribution in [2.24, 2.45) is 5.92 Å². The lowest BCUT2D eigenvalue weighted by Crippen LogP contribution is -2.42. The normalized spacial score (nSPS) is 29.0. The molecule has 1 saturated carbocycles. The van der Waals surface area contributed by atoms with Gasteiger partial charge in [-0.25, -0.2) is 4.79 Å². The SMILES string of the molecule is O=C(NCC1CNC(C(=O)N2CCSC2)C1)NC1CCCC1. The highest BCUT2D eigenvalue weighted by Crippen LogP contribution is 2.20. The number of carbonyl (C=O) groups excluding carboxylic acids is 2. The molecule has 2 atom stereocenters. The second-order valence-corrected chi connectivity index (χ2v) is 7.61. The Bertz CT molecular complexity index is 408. The maximum absolute atomic E-state index is 12.3. The van der Waals surface area contributed by atoms with Crippen LogP contribution in [0.4, 0.5) is 4.79 Å². The lowest BCUT2D eigenvalue weighted by molar-refractivity contribution is -0.131. The molecule has 3 fully saturated rings. The average Bonchev–Trinajstić information content (AvgIpc) is 3.26. The third-order valence-corrected chi connectivity index (χ3v) is 5.79. The molecule has 3 aliphatic rings. The van der Waals surface area contributed by atoms with E-state index in [1.807, 2.05) is 16.7 Å². The van der Waals surface area contributed by atoms with Crippen molar-refractivity contribution in [1.29, 1.82) is 0 Å². The molecule has 2 saturated heterocycles. The van der Waals surface area contributed by atoms with Crippen LogP contribution < -0.4 is 16.0 Å². The Morgan fingerprint density at radius 3 is 2.82 bits per heavy atom. The maximum atomic E-state index is 12.3. The molecule has 0 bridgehead atoms. The molecule has 0 aromatic rings. The van der Waals surface area contributed by atoms with E-state index < -0.39 is 0 Å². The molecular formula is C15H26N4O2S. The van der Waals surface area contributed by atoms with Gasteiger partial charge in [-0.3, -0.25) is 4.79 Å². The molecule has 0 aromatic heterocycles. The number of hydrogen-bond donors (Lipinski definition) is 3. The summed E-state index contributed by atoms with van der Waals surface area (Å²) in [6, 6.07) is 0.227. The van der Waals surface area contributed by atoms with Crippen molar-refractivity contribution in [3.63, 3.8) is 0 Å². The number of hydrogen-bond acceptors (Lipinski definition) is 4. The van der Waals surface area contributed by atoms with Crippen LogP contribution in [0.25, 0.3) is 0 Å². The fourth-order valence-corrected chi connectivity index (χ4v) is 4.46. The molecule has 0 radical (unpaired) electrons. The fourth-order valence-electron chi connectivity index (χ4n) is 3.50. The van der Waals surface area contributed by atoms with Crippen molar-refractivity contribution in [3.8, 4) is 0 Å². The predicted molar refractivity (Wildman–Crippen MR) is 87.7 cm³/mol. The van der Waals surface area contributed by atoms with E-state index in [-0.39, 0.29) is 18.0 Å². The molecule has 7 heteroatoms. The molecule has 22 heavy (non-hydrogen) atoms. The van der Waals surface area contributed by atoms with Crippen LogP contribution in [0.15, 0.2) is 0 Å². The molecule has 2 unspecified atom stereocenters. The number of urea groups is 1. The van der Waals surface area contributed by atoms with Crippen LogP contribution >= 0.6 is 11.8 Å². The van der Waals surface area contributed by atoms with Gasteiger partial charge in [0.1, 0.15) is 0 Å². The Labute approximate surface area is 136 Å². The quantitative estimate of drug-likeness (QED) is 0.712. The summed E-state index contributed by atoms with van der Waals surface area (Å²) >= 11 is 1.81. The largest absolute Gasteiger partial charge is 0.338 e. The number of nitrogens with zero attached hydrogens (tertiary/aromatic N) is 1. The van der Waals surface area contributed by atoms with Gasteiger partial charge < -0.3 is 20.9 Å². The average molecular weight is 326 g/mol. The zero-order valence-corrected chi connectivity index (χ0v) is 13.8. The first-order chi connectivity index (χ1) is 10.7. The highest BCUT2D eigenvalue weighted by molar-refractivity contribution is 7.99. The van der Waals surface area contributed by atoms with Crippen LogP contribution in [0.1, 0.15) is 32.1 Å². The van der Waals surface area contributed by atoms with Gasteiger partial charge in [0.15, 0.2) is 0 Å². The lowest BCUT2D eigenvalue weighted by Gasteiger charge is -2.19. The van der Waals surface area contributed by atoms with Crippen LogP contribution in [-0.2, 0) is 4.79 Å². The summed E-state index contributed by atoms with van der Waals surface area (Å²) in [6.07, 6.45) is 5.46. The van der Waals surface area contributed by atoms with E-state index in [9.17, 15) is 9.59 Å². The summed E-state index contributed by atoms with van der Waals surface area (Å²) in [5.41, 5.74) is 0. The summed E-state index contributed by atoms with van der Waals surface area (Å²) in [7, 11) is 0. The molecule has 2 heterocycles. The Hall–Kier alpha value is -0.950. The van der Waals surface area contributed by atoms with Crippen LogP contribution in [0.5, 0.6) is 0 Å². The van der Waals surface area contributed by atoms with Gasteiger partial charge in [-0.2, -0.15) is 0 Å². The second kappa shape index (κ2) is 7.55. The standard InChI is InChI=1S/C15H26N4O2S/c20-14(19-5-6-22-10-19)13-7-11(8-16-13)9-17-15(21)18-12-3-1-2-4-12/h11-13,16H,1-10H2,(H2,17,18,21). The smallest absolute Gasteiger partial charge is 0.315 e. The fraction of sp³-hybridized carbons (Fsp3) is 0.867. The van der Waals surface area contributed by atoms with Gasteiger partial charge in [-0.1, -0.05) is 12.8 Å². The zero-order chi connectivity index (χ0) is 15.4. The Kier molecular flexibility index (Phi) is 5.46. The van der Waals surface area contributed by atoms with Gasteiger partial charge in [0.05, 0.1) is 11.9 Å². The molecule has 3 amide bonds. The van der Waals surface area contributed by atoms with E-state index in [1.54, 1.807) is 0 Å². The Morgan fingerprint density at radius 1 is 1.27 bits per heavy atom. The number of nitrogens with one attached hydrogen (secondary N) is 3. The molecule has 124 valence electrons. The highest BCUT2D eigenvalue weighted by Gasteiger charge is 2.33. The van der Waals surface area contributed by atoms with Gasteiger partial charge in [0.2, 0.25) is 5.91 Å². The third kappa shape index (κ3) is 4.07. The summed E-state index contributed by atoms with van der Waals surface area (Å²) < 4.78 is 0. The van der Waals surface area contributed by atoms with Crippen molar-refractivity contribution in [3.05, 3.63) is 0 Å². The van der Waals surface area contributed by atoms with E-state index in [0.29, 0.717) is 18.5 Å². The third-order valence-electron chi connectivity index (χ3n) is 4.83. The maximum Gasteiger partial charge on any atom is 0.315 e. The molecule has 2 aliphatic heterocycles. The minimum absolute atomic E-state index is 0.0578. The van der Waals surface area contributed by atoms with E-state index in [1.165, 1.54) is 12.8 Å². The van der Waals surface area contributed by atoms with Gasteiger partial charge in [0.25, 0.3) is 0 Å². The topological polar surface area (TPSA) is 73.5 Å². The first-order valence-electron chi connectivity index (χ1n) is 8.36. The first kappa shape index (κ1) is 15.9. The molecule has 6 nitrogen and oxygen atoms in total. The van der Waals surface area contributed by atoms with Gasteiger partial charge in [0, 0.05) is 31.4 Å². The van der Waals surface area contributed by atoms with Crippen molar-refractivity contribution in [1.82, 2.24) is 20.9 Å². The predicted octanol–water partition coefficient (Wildman–Crippen LogP) is 0.739. The number of rotatable bonds is 4. The van der Waals surface area contributed by atoms with E-state index in [4.69, 9.17) is 0 Å². The van der Waals surface area contributed by atoms with Crippen LogP contribution in [0, 0.1) is 5.92 Å². The molecule has 3 N–H and O–H groups in total. The van der Waals surface area contributed by atoms with Gasteiger partial charge >= 0.3 is 6.03 Å². The number of amides is 3. The minimum Gasteiger partial charge on any atom is -0.338 e. The number of carbonyl (C=O) groups is 2. The molecular weight excluding hydrogens is 300 g/mol. The summed E-state index contributed by atoms with van der Waals surface area (Å²) in [6.45, 7) is 2.32. The number of thioether (sulfide) groups is 1. The van der Waals surface area contributed by atoms with Gasteiger partial charge in [-0.05, 0) is 25.2 Å². The second-order valence-electron chi connectivity index (χ2n) is 6.54. The minimum atomic E-state index is -0.0663. The van der Waals surface area contributed by atoms with Crippen LogP contribution in [0.3, 0.4) is 0 Å². The Morgan fingerprint density at radius 2 is 2.09 bits per heavy atom.